The average molecular weight is 451 g/mol. The number of ether oxygens (including phenoxy) is 2. The Hall–Kier alpha value is -3.84. The molecule has 3 aromatic rings. The highest BCUT2D eigenvalue weighted by Gasteiger charge is 2.40. The van der Waals surface area contributed by atoms with E-state index in [4.69, 9.17) is 21.1 Å². The molecule has 0 saturated heterocycles. The second kappa shape index (κ2) is 8.01. The maximum Gasteiger partial charge on any atom is 0.282 e. The molecule has 0 bridgehead atoms. The molecule has 2 aliphatic rings. The van der Waals surface area contributed by atoms with Gasteiger partial charge in [0.2, 0.25) is 0 Å². The lowest BCUT2D eigenvalue weighted by atomic mass is 10.0. The van der Waals surface area contributed by atoms with Crippen LogP contribution in [0.25, 0.3) is 5.57 Å². The Morgan fingerprint density at radius 1 is 0.875 bits per heavy atom. The molecule has 160 valence electrons. The summed E-state index contributed by atoms with van der Waals surface area (Å²) >= 11 is 5.90. The molecule has 8 heteroatoms. The fourth-order valence-corrected chi connectivity index (χ4v) is 3.82. The van der Waals surface area contributed by atoms with Crippen molar-refractivity contribution in [2.24, 2.45) is 0 Å². The van der Waals surface area contributed by atoms with Gasteiger partial charge in [-0.3, -0.25) is 9.59 Å². The molecule has 2 heterocycles. The summed E-state index contributed by atoms with van der Waals surface area (Å²) < 4.78 is 24.8. The van der Waals surface area contributed by atoms with Crippen LogP contribution in [-0.2, 0) is 9.59 Å². The maximum absolute atomic E-state index is 13.7. The Bertz CT molecular complexity index is 1280. The minimum Gasteiger partial charge on any atom is -0.486 e. The van der Waals surface area contributed by atoms with Gasteiger partial charge in [-0.05, 0) is 35.9 Å². The highest BCUT2D eigenvalue weighted by atomic mass is 35.5. The number of imide groups is 1. The van der Waals surface area contributed by atoms with Gasteiger partial charge in [0, 0.05) is 11.8 Å². The molecule has 6 nitrogen and oxygen atoms in total. The minimum atomic E-state index is -0.639. The molecule has 1 N–H and O–H groups in total. The molecule has 0 spiro atoms. The zero-order valence-corrected chi connectivity index (χ0v) is 17.4. The van der Waals surface area contributed by atoms with Gasteiger partial charge in [0.1, 0.15) is 24.7 Å². The van der Waals surface area contributed by atoms with Crippen molar-refractivity contribution in [1.29, 1.82) is 0 Å². The Morgan fingerprint density at radius 3 is 2.38 bits per heavy atom. The normalized spacial score (nSPS) is 15.4. The van der Waals surface area contributed by atoms with Gasteiger partial charge in [-0.1, -0.05) is 41.9 Å². The summed E-state index contributed by atoms with van der Waals surface area (Å²) in [4.78, 5) is 27.7. The molecular weight excluding hydrogens is 435 g/mol. The van der Waals surface area contributed by atoms with E-state index in [0.29, 0.717) is 36.0 Å². The van der Waals surface area contributed by atoms with Crippen molar-refractivity contribution in [3.8, 4) is 11.5 Å². The smallest absolute Gasteiger partial charge is 0.282 e. The third-order valence-corrected chi connectivity index (χ3v) is 5.41. The molecule has 0 unspecified atom stereocenters. The van der Waals surface area contributed by atoms with E-state index in [-0.39, 0.29) is 22.0 Å². The fraction of sp³-hybridized carbons (Fsp3) is 0.0833. The lowest BCUT2D eigenvalue weighted by molar-refractivity contribution is -0.120. The maximum atomic E-state index is 13.7. The monoisotopic (exact) mass is 450 g/mol. The molecule has 2 aliphatic heterocycles. The summed E-state index contributed by atoms with van der Waals surface area (Å²) in [5, 5.41) is 2.89. The molecule has 0 aliphatic carbocycles. The van der Waals surface area contributed by atoms with Crippen molar-refractivity contribution in [2.45, 2.75) is 0 Å². The average Bonchev–Trinajstić information content (AvgIpc) is 3.05. The Morgan fingerprint density at radius 2 is 1.62 bits per heavy atom. The van der Waals surface area contributed by atoms with Crippen molar-refractivity contribution in [2.75, 3.05) is 23.4 Å². The molecule has 3 aromatic carbocycles. The molecule has 2 amide bonds. The summed E-state index contributed by atoms with van der Waals surface area (Å²) in [6.07, 6.45) is 0. The summed E-state index contributed by atoms with van der Waals surface area (Å²) in [6, 6.07) is 17.7. The molecule has 0 fully saturated rings. The van der Waals surface area contributed by atoms with Crippen LogP contribution in [0.1, 0.15) is 5.56 Å². The summed E-state index contributed by atoms with van der Waals surface area (Å²) in [5.41, 5.74) is 1.60. The lowest BCUT2D eigenvalue weighted by Crippen LogP contribution is -2.32. The van der Waals surface area contributed by atoms with Crippen molar-refractivity contribution < 1.29 is 23.5 Å². The summed E-state index contributed by atoms with van der Waals surface area (Å²) in [5.74, 6) is -0.603. The van der Waals surface area contributed by atoms with Crippen molar-refractivity contribution >= 4 is 40.4 Å². The predicted octanol–water partition coefficient (Wildman–Crippen LogP) is 4.65. The SMILES string of the molecule is O=C1C(Nc2ccc3c(c2)OCCO3)=C(c2ccccc2)C(=O)N1c1ccc(F)c(Cl)c1. The van der Waals surface area contributed by atoms with E-state index < -0.39 is 17.6 Å². The Balaban J connectivity index is 1.58. The number of rotatable bonds is 4. The Labute approximate surface area is 187 Å². The van der Waals surface area contributed by atoms with E-state index in [9.17, 15) is 14.0 Å². The second-order valence-electron chi connectivity index (χ2n) is 7.14. The standard InChI is InChI=1S/C24H16ClFN2O4/c25-17-13-16(7-8-18(17)26)28-23(29)21(14-4-2-1-3-5-14)22(24(28)30)27-15-6-9-19-20(12-15)32-11-10-31-19/h1-9,12-13,27H,10-11H2. The third kappa shape index (κ3) is 3.46. The van der Waals surface area contributed by atoms with Crippen LogP contribution in [0.5, 0.6) is 11.5 Å². The number of amides is 2. The van der Waals surface area contributed by atoms with Crippen molar-refractivity contribution in [1.82, 2.24) is 0 Å². The van der Waals surface area contributed by atoms with E-state index in [2.05, 4.69) is 5.32 Å². The van der Waals surface area contributed by atoms with Gasteiger partial charge in [-0.25, -0.2) is 9.29 Å². The number of carbonyl (C=O) groups is 2. The van der Waals surface area contributed by atoms with Gasteiger partial charge in [-0.2, -0.15) is 0 Å². The van der Waals surface area contributed by atoms with E-state index >= 15 is 0 Å². The van der Waals surface area contributed by atoms with Crippen molar-refractivity contribution in [3.05, 3.63) is 88.8 Å². The van der Waals surface area contributed by atoms with Gasteiger partial charge in [-0.15, -0.1) is 0 Å². The van der Waals surface area contributed by atoms with Gasteiger partial charge >= 0.3 is 0 Å². The first-order chi connectivity index (χ1) is 15.5. The number of carbonyl (C=O) groups excluding carboxylic acids is 2. The van der Waals surface area contributed by atoms with Crippen LogP contribution in [0, 0.1) is 5.82 Å². The van der Waals surface area contributed by atoms with Gasteiger partial charge in [0.05, 0.1) is 16.3 Å². The van der Waals surface area contributed by atoms with E-state index in [1.54, 1.807) is 42.5 Å². The molecule has 0 radical (unpaired) electrons. The van der Waals surface area contributed by atoms with Crippen LogP contribution in [0.4, 0.5) is 15.8 Å². The van der Waals surface area contributed by atoms with Crippen LogP contribution in [-0.4, -0.2) is 25.0 Å². The highest BCUT2D eigenvalue weighted by molar-refractivity contribution is 6.46. The van der Waals surface area contributed by atoms with E-state index in [1.165, 1.54) is 12.1 Å². The number of nitrogens with zero attached hydrogens (tertiary/aromatic N) is 1. The molecule has 0 atom stereocenters. The highest BCUT2D eigenvalue weighted by Crippen LogP contribution is 2.37. The van der Waals surface area contributed by atoms with Crippen LogP contribution in [0.15, 0.2) is 72.4 Å². The largest absolute Gasteiger partial charge is 0.486 e. The molecule has 0 aromatic heterocycles. The topological polar surface area (TPSA) is 67.9 Å². The van der Waals surface area contributed by atoms with Crippen LogP contribution < -0.4 is 19.7 Å². The predicted molar refractivity (Wildman–Crippen MR) is 118 cm³/mol. The zero-order chi connectivity index (χ0) is 22.2. The van der Waals surface area contributed by atoms with Crippen LogP contribution in [0.3, 0.4) is 0 Å². The molecule has 5 rings (SSSR count). The number of nitrogens with one attached hydrogen (secondary N) is 1. The lowest BCUT2D eigenvalue weighted by Gasteiger charge is -2.19. The number of hydrogen-bond acceptors (Lipinski definition) is 5. The fourth-order valence-electron chi connectivity index (χ4n) is 3.64. The minimum absolute atomic E-state index is 0.0957. The first kappa shape index (κ1) is 20.1. The summed E-state index contributed by atoms with van der Waals surface area (Å²) in [7, 11) is 0. The number of halogens is 2. The second-order valence-corrected chi connectivity index (χ2v) is 7.55. The molecular formula is C24H16ClFN2O4. The zero-order valence-electron chi connectivity index (χ0n) is 16.6. The first-order valence-corrected chi connectivity index (χ1v) is 10.2. The van der Waals surface area contributed by atoms with Crippen LogP contribution in [0.2, 0.25) is 5.02 Å². The molecule has 0 saturated carbocycles. The van der Waals surface area contributed by atoms with E-state index in [0.717, 1.165) is 11.0 Å². The quantitative estimate of drug-likeness (QED) is 0.586. The number of benzene rings is 3. The molecule has 32 heavy (non-hydrogen) atoms. The Kier molecular flexibility index (Phi) is 5.03. The number of fused-ring (bicyclic) bond motifs is 1. The van der Waals surface area contributed by atoms with Gasteiger partial charge in [0.15, 0.2) is 11.5 Å². The van der Waals surface area contributed by atoms with Gasteiger partial charge < -0.3 is 14.8 Å². The summed E-state index contributed by atoms with van der Waals surface area (Å²) in [6.45, 7) is 0.885. The van der Waals surface area contributed by atoms with Crippen molar-refractivity contribution in [3.63, 3.8) is 0 Å². The number of hydrogen-bond donors (Lipinski definition) is 1. The van der Waals surface area contributed by atoms with Gasteiger partial charge in [0.25, 0.3) is 11.8 Å². The van der Waals surface area contributed by atoms with E-state index in [1.807, 2.05) is 6.07 Å². The first-order valence-electron chi connectivity index (χ1n) is 9.83. The number of anilines is 2. The third-order valence-electron chi connectivity index (χ3n) is 5.12. The van der Waals surface area contributed by atoms with Crippen LogP contribution >= 0.6 is 11.6 Å².